The Bertz CT molecular complexity index is 557. The van der Waals surface area contributed by atoms with Crippen LogP contribution in [-0.4, -0.2) is 19.2 Å². The molecular formula is C13H18BrNO2S. The Balaban J connectivity index is 2.31. The molecule has 0 radical (unpaired) electrons. The average Bonchev–Trinajstić information content (AvgIpc) is 2.96. The first kappa shape index (κ1) is 14.0. The van der Waals surface area contributed by atoms with Crippen LogP contribution < -0.4 is 5.73 Å². The fraction of sp³-hybridized carbons (Fsp3) is 0.538. The van der Waals surface area contributed by atoms with Crippen molar-refractivity contribution in [3.8, 4) is 0 Å². The third-order valence-electron chi connectivity index (χ3n) is 2.93. The summed E-state index contributed by atoms with van der Waals surface area (Å²) in [6, 6.07) is 5.41. The van der Waals surface area contributed by atoms with E-state index in [-0.39, 0.29) is 10.8 Å². The Kier molecular flexibility index (Phi) is 3.60. The lowest BCUT2D eigenvalue weighted by Crippen LogP contribution is -2.34. The molecule has 1 aromatic rings. The topological polar surface area (TPSA) is 60.2 Å². The maximum atomic E-state index is 12.2. The highest BCUT2D eigenvalue weighted by Crippen LogP contribution is 2.36. The van der Waals surface area contributed by atoms with Crippen molar-refractivity contribution in [1.29, 1.82) is 0 Å². The van der Waals surface area contributed by atoms with Gasteiger partial charge in [-0.25, -0.2) is 8.42 Å². The van der Waals surface area contributed by atoms with Crippen molar-refractivity contribution in [3.63, 3.8) is 0 Å². The molecule has 3 nitrogen and oxygen atoms in total. The molecule has 0 aliphatic heterocycles. The second-order valence-electron chi connectivity index (χ2n) is 5.67. The van der Waals surface area contributed by atoms with E-state index in [4.69, 9.17) is 5.73 Å². The summed E-state index contributed by atoms with van der Waals surface area (Å²) in [6.07, 6.45) is 2.29. The maximum Gasteiger partial charge on any atom is 0.182 e. The second-order valence-corrected chi connectivity index (χ2v) is 8.73. The molecular weight excluding hydrogens is 314 g/mol. The summed E-state index contributed by atoms with van der Waals surface area (Å²) in [5.74, 6) is 0. The number of rotatable bonds is 4. The molecule has 100 valence electrons. The van der Waals surface area contributed by atoms with Crippen LogP contribution in [0.3, 0.4) is 0 Å². The monoisotopic (exact) mass is 331 g/mol. The van der Waals surface area contributed by atoms with Gasteiger partial charge in [-0.1, -0.05) is 6.07 Å². The molecule has 5 heteroatoms. The van der Waals surface area contributed by atoms with E-state index in [1.807, 2.05) is 26.0 Å². The van der Waals surface area contributed by atoms with Gasteiger partial charge in [0, 0.05) is 10.0 Å². The lowest BCUT2D eigenvalue weighted by molar-refractivity contribution is 0.516. The molecule has 1 saturated carbocycles. The molecule has 2 rings (SSSR count). The third kappa shape index (κ3) is 3.13. The molecule has 0 bridgehead atoms. The Labute approximate surface area is 117 Å². The number of hydrogen-bond acceptors (Lipinski definition) is 3. The predicted octanol–water partition coefficient (Wildman–Crippen LogP) is 2.67. The predicted molar refractivity (Wildman–Crippen MR) is 76.3 cm³/mol. The number of hydrogen-bond donors (Lipinski definition) is 1. The first-order valence-corrected chi connectivity index (χ1v) is 8.35. The molecule has 0 aromatic heterocycles. The summed E-state index contributed by atoms with van der Waals surface area (Å²) >= 11 is 3.37. The minimum absolute atomic E-state index is 0.175. The van der Waals surface area contributed by atoms with Gasteiger partial charge in [0.25, 0.3) is 0 Å². The zero-order valence-electron chi connectivity index (χ0n) is 10.6. The molecule has 0 amide bonds. The SMILES string of the molecule is CC(C)(N)Cc1ccc(S(=O)(=O)C2CC2)c(Br)c1. The van der Waals surface area contributed by atoms with Gasteiger partial charge in [0.15, 0.2) is 9.84 Å². The largest absolute Gasteiger partial charge is 0.325 e. The van der Waals surface area contributed by atoms with E-state index in [2.05, 4.69) is 15.9 Å². The van der Waals surface area contributed by atoms with Gasteiger partial charge < -0.3 is 5.73 Å². The van der Waals surface area contributed by atoms with Crippen molar-refractivity contribution in [2.75, 3.05) is 0 Å². The molecule has 18 heavy (non-hydrogen) atoms. The van der Waals surface area contributed by atoms with Gasteiger partial charge in [-0.05, 0) is 66.7 Å². The zero-order chi connectivity index (χ0) is 13.6. The quantitative estimate of drug-likeness (QED) is 0.922. The van der Waals surface area contributed by atoms with Crippen LogP contribution >= 0.6 is 15.9 Å². The molecule has 1 aliphatic carbocycles. The van der Waals surface area contributed by atoms with E-state index in [9.17, 15) is 8.42 Å². The first-order valence-electron chi connectivity index (χ1n) is 6.01. The third-order valence-corrected chi connectivity index (χ3v) is 6.16. The minimum Gasteiger partial charge on any atom is -0.325 e. The zero-order valence-corrected chi connectivity index (χ0v) is 13.0. The summed E-state index contributed by atoms with van der Waals surface area (Å²) in [6.45, 7) is 3.91. The van der Waals surface area contributed by atoms with Crippen LogP contribution in [0.25, 0.3) is 0 Å². The van der Waals surface area contributed by atoms with E-state index < -0.39 is 9.84 Å². The molecule has 2 N–H and O–H groups in total. The van der Waals surface area contributed by atoms with Crippen LogP contribution in [-0.2, 0) is 16.3 Å². The van der Waals surface area contributed by atoms with Crippen LogP contribution in [0, 0.1) is 0 Å². The van der Waals surface area contributed by atoms with Crippen molar-refractivity contribution in [3.05, 3.63) is 28.2 Å². The molecule has 1 aromatic carbocycles. The highest BCUT2D eigenvalue weighted by molar-refractivity contribution is 9.10. The van der Waals surface area contributed by atoms with Crippen LogP contribution in [0.4, 0.5) is 0 Å². The van der Waals surface area contributed by atoms with Gasteiger partial charge in [0.2, 0.25) is 0 Å². The van der Waals surface area contributed by atoms with E-state index in [0.29, 0.717) is 9.37 Å². The van der Waals surface area contributed by atoms with Crippen molar-refractivity contribution in [2.24, 2.45) is 5.73 Å². The number of sulfone groups is 1. The Morgan fingerprint density at radius 2 is 2.00 bits per heavy atom. The molecule has 0 atom stereocenters. The second kappa shape index (κ2) is 4.62. The van der Waals surface area contributed by atoms with Gasteiger partial charge in [-0.15, -0.1) is 0 Å². The fourth-order valence-corrected chi connectivity index (χ4v) is 4.78. The summed E-state index contributed by atoms with van der Waals surface area (Å²) in [7, 11) is -3.14. The molecule has 0 unspecified atom stereocenters. The molecule has 1 fully saturated rings. The number of halogens is 1. The smallest absolute Gasteiger partial charge is 0.182 e. The van der Waals surface area contributed by atoms with E-state index in [0.717, 1.165) is 24.8 Å². The molecule has 1 aliphatic rings. The van der Waals surface area contributed by atoms with Crippen LogP contribution in [0.2, 0.25) is 0 Å². The molecule has 0 spiro atoms. The standard InChI is InChI=1S/C13H18BrNO2S/c1-13(2,15)8-9-3-6-12(11(14)7-9)18(16,17)10-4-5-10/h3,6-7,10H,4-5,8,15H2,1-2H3. The maximum absolute atomic E-state index is 12.2. The summed E-state index contributed by atoms with van der Waals surface area (Å²) in [5.41, 5.74) is 6.72. The highest BCUT2D eigenvalue weighted by atomic mass is 79.9. The Morgan fingerprint density at radius 1 is 1.39 bits per heavy atom. The van der Waals surface area contributed by atoms with Gasteiger partial charge in [0.1, 0.15) is 0 Å². The van der Waals surface area contributed by atoms with E-state index in [1.165, 1.54) is 0 Å². The van der Waals surface area contributed by atoms with E-state index >= 15 is 0 Å². The van der Waals surface area contributed by atoms with Gasteiger partial charge in [0.05, 0.1) is 10.1 Å². The highest BCUT2D eigenvalue weighted by Gasteiger charge is 2.37. The number of benzene rings is 1. The fourth-order valence-electron chi connectivity index (χ4n) is 1.97. The minimum atomic E-state index is -3.14. The first-order chi connectivity index (χ1) is 8.20. The van der Waals surface area contributed by atoms with Gasteiger partial charge >= 0.3 is 0 Å². The van der Waals surface area contributed by atoms with Crippen molar-refractivity contribution < 1.29 is 8.42 Å². The lowest BCUT2D eigenvalue weighted by Gasteiger charge is -2.19. The number of nitrogens with two attached hydrogens (primary N) is 1. The van der Waals surface area contributed by atoms with Crippen molar-refractivity contribution in [1.82, 2.24) is 0 Å². The van der Waals surface area contributed by atoms with Crippen LogP contribution in [0.5, 0.6) is 0 Å². The Hall–Kier alpha value is -0.390. The Morgan fingerprint density at radius 3 is 2.44 bits per heavy atom. The summed E-state index contributed by atoms with van der Waals surface area (Å²) < 4.78 is 25.0. The summed E-state index contributed by atoms with van der Waals surface area (Å²) in [4.78, 5) is 0.406. The van der Waals surface area contributed by atoms with Crippen molar-refractivity contribution >= 4 is 25.8 Å². The lowest BCUT2D eigenvalue weighted by atomic mass is 9.96. The van der Waals surface area contributed by atoms with Crippen molar-refractivity contribution in [2.45, 2.75) is 48.8 Å². The normalized spacial score (nSPS) is 16.9. The van der Waals surface area contributed by atoms with Gasteiger partial charge in [-0.2, -0.15) is 0 Å². The van der Waals surface area contributed by atoms with Crippen LogP contribution in [0.1, 0.15) is 32.3 Å². The molecule has 0 heterocycles. The summed E-state index contributed by atoms with van der Waals surface area (Å²) in [5, 5.41) is -0.175. The average molecular weight is 332 g/mol. The van der Waals surface area contributed by atoms with Gasteiger partial charge in [-0.3, -0.25) is 0 Å². The van der Waals surface area contributed by atoms with E-state index in [1.54, 1.807) is 6.07 Å². The molecule has 0 saturated heterocycles. The van der Waals surface area contributed by atoms with Crippen LogP contribution in [0.15, 0.2) is 27.6 Å².